The number of anilines is 1. The number of amides is 3. The van der Waals surface area contributed by atoms with Crippen LogP contribution in [0.2, 0.25) is 0 Å². The van der Waals surface area contributed by atoms with E-state index < -0.39 is 0 Å². The molecule has 0 spiro atoms. The van der Waals surface area contributed by atoms with E-state index >= 15 is 0 Å². The number of morpholine rings is 1. The molecule has 0 unspecified atom stereocenters. The molecular formula is C15H21N3O4. The van der Waals surface area contributed by atoms with Gasteiger partial charge in [0, 0.05) is 31.4 Å². The minimum Gasteiger partial charge on any atom is -0.484 e. The molecule has 0 atom stereocenters. The number of carbonyl (C=O) groups is 2. The van der Waals surface area contributed by atoms with Gasteiger partial charge in [-0.15, -0.1) is 0 Å². The summed E-state index contributed by atoms with van der Waals surface area (Å²) in [6.45, 7) is 4.65. The quantitative estimate of drug-likeness (QED) is 0.852. The Bertz CT molecular complexity index is 515. The molecule has 0 bridgehead atoms. The predicted octanol–water partition coefficient (Wildman–Crippen LogP) is 1.07. The van der Waals surface area contributed by atoms with E-state index in [1.54, 1.807) is 29.2 Å². The summed E-state index contributed by atoms with van der Waals surface area (Å²) >= 11 is 0. The second kappa shape index (κ2) is 8.23. The third-order valence-electron chi connectivity index (χ3n) is 3.13. The summed E-state index contributed by atoms with van der Waals surface area (Å²) in [5.74, 6) is 0.358. The maximum Gasteiger partial charge on any atom is 0.322 e. The minimum absolute atomic E-state index is 0.0469. The SMILES string of the molecule is CCNC(=O)COc1cccc(NC(=O)N2CCOCC2)c1. The van der Waals surface area contributed by atoms with E-state index in [9.17, 15) is 9.59 Å². The van der Waals surface area contributed by atoms with Crippen LogP contribution >= 0.6 is 0 Å². The van der Waals surface area contributed by atoms with Gasteiger partial charge in [0.2, 0.25) is 0 Å². The summed E-state index contributed by atoms with van der Waals surface area (Å²) in [7, 11) is 0. The molecule has 0 radical (unpaired) electrons. The maximum atomic E-state index is 12.1. The van der Waals surface area contributed by atoms with E-state index in [-0.39, 0.29) is 18.5 Å². The van der Waals surface area contributed by atoms with Crippen LogP contribution in [-0.4, -0.2) is 56.3 Å². The van der Waals surface area contributed by atoms with Gasteiger partial charge < -0.3 is 25.0 Å². The number of hydrogen-bond donors (Lipinski definition) is 2. The molecule has 1 aliphatic rings. The van der Waals surface area contributed by atoms with Crippen LogP contribution in [0, 0.1) is 0 Å². The van der Waals surface area contributed by atoms with Gasteiger partial charge in [0.25, 0.3) is 5.91 Å². The number of carbonyl (C=O) groups excluding carboxylic acids is 2. The summed E-state index contributed by atoms with van der Waals surface area (Å²) in [5, 5.41) is 5.47. The lowest BCUT2D eigenvalue weighted by Gasteiger charge is -2.26. The molecule has 7 nitrogen and oxygen atoms in total. The van der Waals surface area contributed by atoms with Crippen molar-refractivity contribution in [2.75, 3.05) is 44.8 Å². The van der Waals surface area contributed by atoms with E-state index in [1.807, 2.05) is 6.92 Å². The van der Waals surface area contributed by atoms with Gasteiger partial charge in [-0.2, -0.15) is 0 Å². The minimum atomic E-state index is -0.176. The summed E-state index contributed by atoms with van der Waals surface area (Å²) in [4.78, 5) is 25.1. The molecule has 22 heavy (non-hydrogen) atoms. The molecule has 1 heterocycles. The summed E-state index contributed by atoms with van der Waals surface area (Å²) in [6, 6.07) is 6.81. The van der Waals surface area contributed by atoms with Crippen molar-refractivity contribution < 1.29 is 19.1 Å². The van der Waals surface area contributed by atoms with Crippen molar-refractivity contribution in [3.63, 3.8) is 0 Å². The molecule has 1 aromatic carbocycles. The van der Waals surface area contributed by atoms with Crippen LogP contribution in [0.5, 0.6) is 5.75 Å². The molecule has 2 N–H and O–H groups in total. The fourth-order valence-corrected chi connectivity index (χ4v) is 2.03. The number of benzene rings is 1. The number of ether oxygens (including phenoxy) is 2. The smallest absolute Gasteiger partial charge is 0.322 e. The summed E-state index contributed by atoms with van der Waals surface area (Å²) in [6.07, 6.45) is 0. The van der Waals surface area contributed by atoms with Gasteiger partial charge in [0.1, 0.15) is 5.75 Å². The van der Waals surface area contributed by atoms with Gasteiger partial charge in [0.05, 0.1) is 13.2 Å². The van der Waals surface area contributed by atoms with Crippen LogP contribution in [0.25, 0.3) is 0 Å². The van der Waals surface area contributed by atoms with E-state index in [1.165, 1.54) is 0 Å². The van der Waals surface area contributed by atoms with Gasteiger partial charge in [-0.3, -0.25) is 4.79 Å². The highest BCUT2D eigenvalue weighted by molar-refractivity contribution is 5.89. The Morgan fingerprint density at radius 1 is 1.32 bits per heavy atom. The van der Waals surface area contributed by atoms with Gasteiger partial charge in [0.15, 0.2) is 6.61 Å². The van der Waals surface area contributed by atoms with Crippen LogP contribution in [0.15, 0.2) is 24.3 Å². The van der Waals surface area contributed by atoms with Crippen molar-refractivity contribution in [3.05, 3.63) is 24.3 Å². The molecule has 7 heteroatoms. The molecule has 1 fully saturated rings. The highest BCUT2D eigenvalue weighted by Gasteiger charge is 2.16. The van der Waals surface area contributed by atoms with Crippen LogP contribution in [-0.2, 0) is 9.53 Å². The third-order valence-corrected chi connectivity index (χ3v) is 3.13. The largest absolute Gasteiger partial charge is 0.484 e. The Morgan fingerprint density at radius 3 is 2.82 bits per heavy atom. The normalized spacial score (nSPS) is 14.3. The molecule has 3 amide bonds. The molecule has 1 aromatic rings. The second-order valence-corrected chi connectivity index (χ2v) is 4.80. The Morgan fingerprint density at radius 2 is 2.09 bits per heavy atom. The monoisotopic (exact) mass is 307 g/mol. The molecular weight excluding hydrogens is 286 g/mol. The van der Waals surface area contributed by atoms with Crippen molar-refractivity contribution in [1.29, 1.82) is 0 Å². The predicted molar refractivity (Wildman–Crippen MR) is 82.0 cm³/mol. The van der Waals surface area contributed by atoms with Crippen molar-refractivity contribution in [3.8, 4) is 5.75 Å². The number of nitrogens with one attached hydrogen (secondary N) is 2. The fourth-order valence-electron chi connectivity index (χ4n) is 2.03. The van der Waals surface area contributed by atoms with E-state index in [4.69, 9.17) is 9.47 Å². The van der Waals surface area contributed by atoms with Crippen LogP contribution < -0.4 is 15.4 Å². The molecule has 0 aromatic heterocycles. The van der Waals surface area contributed by atoms with Crippen LogP contribution in [0.3, 0.4) is 0 Å². The van der Waals surface area contributed by atoms with E-state index in [0.717, 1.165) is 0 Å². The molecule has 2 rings (SSSR count). The standard InChI is InChI=1S/C15H21N3O4/c1-2-16-14(19)11-22-13-5-3-4-12(10-13)17-15(20)18-6-8-21-9-7-18/h3-5,10H,2,6-9,11H2,1H3,(H,16,19)(H,17,20). The second-order valence-electron chi connectivity index (χ2n) is 4.80. The lowest BCUT2D eigenvalue weighted by Crippen LogP contribution is -2.43. The first-order valence-corrected chi connectivity index (χ1v) is 7.32. The first-order chi connectivity index (χ1) is 10.7. The summed E-state index contributed by atoms with van der Waals surface area (Å²) in [5.41, 5.74) is 0.630. The third kappa shape index (κ3) is 4.92. The van der Waals surface area contributed by atoms with Crippen molar-refractivity contribution in [2.45, 2.75) is 6.92 Å². The van der Waals surface area contributed by atoms with Gasteiger partial charge in [-0.25, -0.2) is 4.79 Å². The topological polar surface area (TPSA) is 79.9 Å². The number of likely N-dealkylation sites (N-methyl/N-ethyl adjacent to an activating group) is 1. The lowest BCUT2D eigenvalue weighted by molar-refractivity contribution is -0.122. The molecule has 1 aliphatic heterocycles. The average molecular weight is 307 g/mol. The van der Waals surface area contributed by atoms with Crippen molar-refractivity contribution >= 4 is 17.6 Å². The van der Waals surface area contributed by atoms with Crippen molar-refractivity contribution in [1.82, 2.24) is 10.2 Å². The Labute approximate surface area is 129 Å². The first kappa shape index (κ1) is 16.1. The van der Waals surface area contributed by atoms with Crippen LogP contribution in [0.4, 0.5) is 10.5 Å². The Balaban J connectivity index is 1.87. The van der Waals surface area contributed by atoms with E-state index in [2.05, 4.69) is 10.6 Å². The van der Waals surface area contributed by atoms with E-state index in [0.29, 0.717) is 44.3 Å². The number of hydrogen-bond acceptors (Lipinski definition) is 4. The Hall–Kier alpha value is -2.28. The highest BCUT2D eigenvalue weighted by Crippen LogP contribution is 2.18. The van der Waals surface area contributed by atoms with Crippen molar-refractivity contribution in [2.24, 2.45) is 0 Å². The van der Waals surface area contributed by atoms with Crippen LogP contribution in [0.1, 0.15) is 6.92 Å². The fraction of sp³-hybridized carbons (Fsp3) is 0.467. The van der Waals surface area contributed by atoms with Gasteiger partial charge in [-0.05, 0) is 19.1 Å². The first-order valence-electron chi connectivity index (χ1n) is 7.32. The molecule has 120 valence electrons. The Kier molecular flexibility index (Phi) is 6.02. The zero-order chi connectivity index (χ0) is 15.8. The zero-order valence-electron chi connectivity index (χ0n) is 12.6. The number of rotatable bonds is 5. The average Bonchev–Trinajstić information content (AvgIpc) is 2.54. The van der Waals surface area contributed by atoms with Gasteiger partial charge in [-0.1, -0.05) is 6.07 Å². The molecule has 0 saturated carbocycles. The zero-order valence-corrected chi connectivity index (χ0v) is 12.6. The highest BCUT2D eigenvalue weighted by atomic mass is 16.5. The lowest BCUT2D eigenvalue weighted by atomic mass is 10.3. The van der Waals surface area contributed by atoms with Gasteiger partial charge >= 0.3 is 6.03 Å². The number of nitrogens with zero attached hydrogens (tertiary/aromatic N) is 1. The molecule has 1 saturated heterocycles. The molecule has 0 aliphatic carbocycles. The number of urea groups is 1. The summed E-state index contributed by atoms with van der Waals surface area (Å²) < 4.78 is 10.6. The maximum absolute atomic E-state index is 12.1.